The Kier molecular flexibility index (Phi) is 9.41. The molecule has 4 aliphatic rings. The Morgan fingerprint density at radius 1 is 1.17 bits per heavy atom. The van der Waals surface area contributed by atoms with Crippen LogP contribution in [0.2, 0.25) is 5.02 Å². The van der Waals surface area contributed by atoms with Crippen LogP contribution in [0.1, 0.15) is 74.4 Å². The number of sulfonamides is 1. The van der Waals surface area contributed by atoms with E-state index in [1.165, 1.54) is 16.0 Å². The van der Waals surface area contributed by atoms with E-state index in [2.05, 4.69) is 15.7 Å². The second kappa shape index (κ2) is 13.0. The molecule has 48 heavy (non-hydrogen) atoms. The largest absolute Gasteiger partial charge is 0.490 e. The van der Waals surface area contributed by atoms with Gasteiger partial charge in [0.2, 0.25) is 15.9 Å². The lowest BCUT2D eigenvalue weighted by Crippen LogP contribution is -2.57. The van der Waals surface area contributed by atoms with E-state index in [0.717, 1.165) is 32.1 Å². The molecule has 1 saturated carbocycles. The van der Waals surface area contributed by atoms with E-state index >= 15 is 0 Å². The summed E-state index contributed by atoms with van der Waals surface area (Å²) >= 11 is 6.43. The van der Waals surface area contributed by atoms with E-state index in [0.29, 0.717) is 42.6 Å². The van der Waals surface area contributed by atoms with Gasteiger partial charge in [-0.05, 0) is 105 Å². The number of nitrogens with one attached hydrogen (secondary N) is 1. The number of carbonyl (C=O) groups excluding carboxylic acids is 2. The lowest BCUT2D eigenvalue weighted by atomic mass is 9.60. The van der Waals surface area contributed by atoms with E-state index in [1.807, 2.05) is 25.1 Å². The third-order valence-electron chi connectivity index (χ3n) is 11.7. The van der Waals surface area contributed by atoms with Crippen LogP contribution in [0, 0.1) is 23.7 Å². The van der Waals surface area contributed by atoms with Crippen molar-refractivity contribution in [1.82, 2.24) is 9.62 Å². The molecule has 0 unspecified atom stereocenters. The molecule has 0 saturated heterocycles. The number of halogens is 1. The first-order chi connectivity index (χ1) is 22.6. The van der Waals surface area contributed by atoms with Crippen LogP contribution in [-0.2, 0) is 26.7 Å². The van der Waals surface area contributed by atoms with Gasteiger partial charge in [-0.25, -0.2) is 13.1 Å². The van der Waals surface area contributed by atoms with Crippen molar-refractivity contribution in [2.75, 3.05) is 38.7 Å². The van der Waals surface area contributed by atoms with Crippen molar-refractivity contribution < 1.29 is 27.9 Å². The number of ether oxygens (including phenoxy) is 1. The molecule has 2 N–H and O–H groups in total. The number of fused-ring (bicyclic) bond motifs is 4. The lowest BCUT2D eigenvalue weighted by molar-refractivity contribution is -0.147. The lowest BCUT2D eigenvalue weighted by Gasteiger charge is -2.51. The molecule has 260 valence electrons. The van der Waals surface area contributed by atoms with Crippen LogP contribution in [0.15, 0.2) is 48.6 Å². The van der Waals surface area contributed by atoms with E-state index < -0.39 is 32.7 Å². The number of nitrogens with zero attached hydrogens (tertiary/aromatic N) is 2. The summed E-state index contributed by atoms with van der Waals surface area (Å²) in [5.41, 5.74) is 1.59. The molecule has 2 amide bonds. The highest BCUT2D eigenvalue weighted by molar-refractivity contribution is 7.90. The smallest absolute Gasteiger partial charge is 0.264 e. The first kappa shape index (κ1) is 34.8. The minimum Gasteiger partial charge on any atom is -0.490 e. The van der Waals surface area contributed by atoms with Crippen LogP contribution in [0.25, 0.3) is 0 Å². The van der Waals surface area contributed by atoms with Crippen LogP contribution in [-0.4, -0.2) is 74.9 Å². The normalized spacial score (nSPS) is 32.7. The average molecular weight is 698 g/mol. The molecule has 11 heteroatoms. The van der Waals surface area contributed by atoms with Crippen LogP contribution in [0.3, 0.4) is 0 Å². The number of allylic oxidation sites excluding steroid dienone is 1. The van der Waals surface area contributed by atoms with Crippen molar-refractivity contribution in [3.05, 3.63) is 70.3 Å². The van der Waals surface area contributed by atoms with E-state index in [9.17, 15) is 23.1 Å². The third kappa shape index (κ3) is 6.24. The Labute approximate surface area is 289 Å². The Hall–Kier alpha value is -3.08. The first-order valence-electron chi connectivity index (χ1n) is 17.1. The van der Waals surface area contributed by atoms with Crippen molar-refractivity contribution in [2.45, 2.75) is 75.6 Å². The van der Waals surface area contributed by atoms with Crippen molar-refractivity contribution in [1.29, 1.82) is 0 Å². The van der Waals surface area contributed by atoms with E-state index in [1.54, 1.807) is 52.2 Å². The van der Waals surface area contributed by atoms with Gasteiger partial charge in [-0.2, -0.15) is 0 Å². The van der Waals surface area contributed by atoms with E-state index in [-0.39, 0.29) is 34.6 Å². The zero-order valence-corrected chi connectivity index (χ0v) is 30.1. The molecule has 7 atom stereocenters. The first-order valence-corrected chi connectivity index (χ1v) is 19.1. The molecule has 1 fully saturated rings. The molecule has 2 aliphatic heterocycles. The summed E-state index contributed by atoms with van der Waals surface area (Å²) in [6.45, 7) is 6.80. The second-order valence-electron chi connectivity index (χ2n) is 14.9. The molecule has 2 aromatic rings. The van der Waals surface area contributed by atoms with Crippen molar-refractivity contribution in [3.8, 4) is 5.75 Å². The van der Waals surface area contributed by atoms with Gasteiger partial charge in [0.15, 0.2) is 0 Å². The zero-order valence-electron chi connectivity index (χ0n) is 28.5. The van der Waals surface area contributed by atoms with Gasteiger partial charge < -0.3 is 19.6 Å². The fourth-order valence-electron chi connectivity index (χ4n) is 8.36. The summed E-state index contributed by atoms with van der Waals surface area (Å²) in [5.74, 6) is -1.44. The number of rotatable bonds is 2. The molecule has 2 bridgehead atoms. The molecule has 9 nitrogen and oxygen atoms in total. The Morgan fingerprint density at radius 3 is 2.65 bits per heavy atom. The molecule has 0 radical (unpaired) electrons. The van der Waals surface area contributed by atoms with Crippen LogP contribution < -0.4 is 14.4 Å². The van der Waals surface area contributed by atoms with Crippen molar-refractivity contribution >= 4 is 39.1 Å². The fraction of sp³-hybridized carbons (Fsp3) is 0.568. The number of anilines is 1. The highest BCUT2D eigenvalue weighted by Gasteiger charge is 2.52. The predicted molar refractivity (Wildman–Crippen MR) is 188 cm³/mol. The maximum Gasteiger partial charge on any atom is 0.264 e. The van der Waals surface area contributed by atoms with Crippen LogP contribution >= 0.6 is 11.6 Å². The Balaban J connectivity index is 1.47. The molecule has 0 aromatic heterocycles. The summed E-state index contributed by atoms with van der Waals surface area (Å²) in [4.78, 5) is 30.7. The monoisotopic (exact) mass is 697 g/mol. The zero-order chi connectivity index (χ0) is 34.6. The summed E-state index contributed by atoms with van der Waals surface area (Å²) in [6, 6.07) is 11.2. The number of carbonyl (C=O) groups is 2. The summed E-state index contributed by atoms with van der Waals surface area (Å²) in [6.07, 6.45) is 8.36. The Bertz CT molecular complexity index is 1730. The molecule has 2 heterocycles. The summed E-state index contributed by atoms with van der Waals surface area (Å²) < 4.78 is 35.7. The van der Waals surface area contributed by atoms with Gasteiger partial charge in [0.05, 0.1) is 29.1 Å². The molecule has 6 rings (SSSR count). The highest BCUT2D eigenvalue weighted by Crippen LogP contribution is 2.50. The molecular formula is C37H48ClN3O6S. The maximum absolute atomic E-state index is 13.5. The number of aryl methyl sites for hydroxylation is 1. The van der Waals surface area contributed by atoms with Gasteiger partial charge >= 0.3 is 0 Å². The number of hydrogen-bond donors (Lipinski definition) is 2. The maximum atomic E-state index is 13.5. The second-order valence-corrected chi connectivity index (χ2v) is 17.3. The fourth-order valence-corrected chi connectivity index (χ4v) is 9.84. The van der Waals surface area contributed by atoms with Crippen molar-refractivity contribution in [2.24, 2.45) is 23.7 Å². The van der Waals surface area contributed by atoms with Gasteiger partial charge in [-0.15, -0.1) is 0 Å². The molecule has 2 aromatic carbocycles. The molecule has 1 spiro atoms. The van der Waals surface area contributed by atoms with Gasteiger partial charge in [0, 0.05) is 43.2 Å². The standard InChI is InChI=1S/C37H48ClN3O6S/c1-23-8-6-17-37(44,24(2)35(43)40(4)5)31-13-10-28(31)20-41-21-36(16-7-9-26-18-29(38)12-14-30(26)36)22-47-33-15-11-27(19-32(33)41)34(42)39-48(45,46)25(23)3/h6,11-12,14-15,17-19,23-25,28,31,44H,7-10,13,16,20-22H2,1-5H3,(H,39,42)/b17-6-/t23-,24+,25+,28-,31+,36-,37+/m0/s1. The van der Waals surface area contributed by atoms with E-state index in [4.69, 9.17) is 16.3 Å². The minimum atomic E-state index is -4.03. The summed E-state index contributed by atoms with van der Waals surface area (Å²) in [7, 11) is -0.633. The van der Waals surface area contributed by atoms with Gasteiger partial charge in [-0.3, -0.25) is 9.59 Å². The SMILES string of the molecule is C[C@H](C(=O)N(C)C)[C@]1(O)/C=C\C[C@H](C)[C@@H](C)S(=O)(=O)NC(=O)c2ccc3c(c2)N(C[C@@H]2CC[C@H]21)C[C@@]1(CCCc2cc(Cl)ccc21)CO3. The van der Waals surface area contributed by atoms with Crippen molar-refractivity contribution in [3.63, 3.8) is 0 Å². The minimum absolute atomic E-state index is 0.0513. The highest BCUT2D eigenvalue weighted by atomic mass is 35.5. The van der Waals surface area contributed by atoms with Gasteiger partial charge in [-0.1, -0.05) is 43.7 Å². The topological polar surface area (TPSA) is 116 Å². The number of amides is 2. The predicted octanol–water partition coefficient (Wildman–Crippen LogP) is 5.34. The third-order valence-corrected chi connectivity index (χ3v) is 13.8. The van der Waals surface area contributed by atoms with Gasteiger partial charge in [0.1, 0.15) is 5.75 Å². The Morgan fingerprint density at radius 2 is 1.94 bits per heavy atom. The average Bonchev–Trinajstić information content (AvgIpc) is 3.17. The number of benzene rings is 2. The van der Waals surface area contributed by atoms with Crippen LogP contribution in [0.4, 0.5) is 5.69 Å². The number of aliphatic hydroxyl groups is 1. The molecular weight excluding hydrogens is 650 g/mol. The quantitative estimate of drug-likeness (QED) is 0.407. The molecule has 2 aliphatic carbocycles. The van der Waals surface area contributed by atoms with Crippen LogP contribution in [0.5, 0.6) is 5.75 Å². The van der Waals surface area contributed by atoms with Gasteiger partial charge in [0.25, 0.3) is 5.91 Å². The number of hydrogen-bond acceptors (Lipinski definition) is 7. The summed E-state index contributed by atoms with van der Waals surface area (Å²) in [5, 5.41) is 12.3.